The SMILES string of the molecule is CC(C)(C)OC(=O)[C@@H](N=C(c1ccccc1)c1ccccc1)[C@H](C[N+](=O)[O-])c1cccc(Cl)c1. The molecule has 0 bridgehead atoms. The molecule has 3 aromatic carbocycles. The van der Waals surface area contributed by atoms with Gasteiger partial charge in [-0.15, -0.1) is 0 Å². The van der Waals surface area contributed by atoms with Crippen molar-refractivity contribution in [3.05, 3.63) is 117 Å². The monoisotopic (exact) mass is 478 g/mol. The summed E-state index contributed by atoms with van der Waals surface area (Å²) in [6.45, 7) is 4.75. The van der Waals surface area contributed by atoms with Crippen molar-refractivity contribution >= 4 is 23.3 Å². The molecule has 0 amide bonds. The maximum absolute atomic E-state index is 13.5. The van der Waals surface area contributed by atoms with Crippen LogP contribution in [0, 0.1) is 10.1 Å². The fourth-order valence-electron chi connectivity index (χ4n) is 3.60. The topological polar surface area (TPSA) is 81.8 Å². The summed E-state index contributed by atoms with van der Waals surface area (Å²) < 4.78 is 5.69. The van der Waals surface area contributed by atoms with E-state index in [1.165, 1.54) is 0 Å². The molecule has 0 fully saturated rings. The van der Waals surface area contributed by atoms with E-state index in [9.17, 15) is 14.9 Å². The van der Waals surface area contributed by atoms with E-state index in [4.69, 9.17) is 21.3 Å². The Morgan fingerprint density at radius 3 is 2.00 bits per heavy atom. The third kappa shape index (κ3) is 6.99. The van der Waals surface area contributed by atoms with Crippen molar-refractivity contribution in [2.75, 3.05) is 6.54 Å². The van der Waals surface area contributed by atoms with Crippen molar-refractivity contribution in [1.29, 1.82) is 0 Å². The second-order valence-corrected chi connectivity index (χ2v) is 9.30. The number of nitrogens with zero attached hydrogens (tertiary/aromatic N) is 2. The quantitative estimate of drug-likeness (QED) is 0.173. The highest BCUT2D eigenvalue weighted by molar-refractivity contribution is 6.30. The van der Waals surface area contributed by atoms with Crippen LogP contribution in [0.4, 0.5) is 0 Å². The van der Waals surface area contributed by atoms with Gasteiger partial charge < -0.3 is 4.74 Å². The molecule has 7 heteroatoms. The zero-order valence-corrected chi connectivity index (χ0v) is 20.1. The minimum Gasteiger partial charge on any atom is -0.458 e. The Morgan fingerprint density at radius 1 is 0.971 bits per heavy atom. The fraction of sp³-hybridized carbons (Fsp3) is 0.259. The van der Waals surface area contributed by atoms with E-state index >= 15 is 0 Å². The molecule has 0 aromatic heterocycles. The van der Waals surface area contributed by atoms with Gasteiger partial charge in [0.1, 0.15) is 5.60 Å². The van der Waals surface area contributed by atoms with Crippen LogP contribution in [0.25, 0.3) is 0 Å². The number of hydrogen-bond acceptors (Lipinski definition) is 5. The molecule has 0 heterocycles. The summed E-state index contributed by atoms with van der Waals surface area (Å²) in [5.74, 6) is -1.52. The predicted octanol–water partition coefficient (Wildman–Crippen LogP) is 5.95. The van der Waals surface area contributed by atoms with Gasteiger partial charge in [0, 0.05) is 21.1 Å². The summed E-state index contributed by atoms with van der Waals surface area (Å²) in [5.41, 5.74) is 1.87. The van der Waals surface area contributed by atoms with Gasteiger partial charge in [0.2, 0.25) is 6.54 Å². The van der Waals surface area contributed by atoms with Gasteiger partial charge in [-0.2, -0.15) is 0 Å². The molecule has 0 saturated heterocycles. The smallest absolute Gasteiger partial charge is 0.332 e. The molecule has 0 saturated carbocycles. The lowest BCUT2D eigenvalue weighted by Crippen LogP contribution is -2.37. The molecule has 34 heavy (non-hydrogen) atoms. The van der Waals surface area contributed by atoms with E-state index in [-0.39, 0.29) is 0 Å². The molecular weight excluding hydrogens is 452 g/mol. The van der Waals surface area contributed by atoms with Gasteiger partial charge in [0.25, 0.3) is 0 Å². The number of nitro groups is 1. The van der Waals surface area contributed by atoms with Crippen molar-refractivity contribution in [1.82, 2.24) is 0 Å². The molecule has 176 valence electrons. The van der Waals surface area contributed by atoms with E-state index in [1.54, 1.807) is 45.0 Å². The van der Waals surface area contributed by atoms with Crippen LogP contribution in [0.5, 0.6) is 0 Å². The van der Waals surface area contributed by atoms with Gasteiger partial charge in [-0.25, -0.2) is 4.79 Å². The normalized spacial score (nSPS) is 12.9. The number of esters is 1. The van der Waals surface area contributed by atoms with E-state index in [0.717, 1.165) is 11.1 Å². The molecule has 6 nitrogen and oxygen atoms in total. The first-order valence-corrected chi connectivity index (χ1v) is 11.3. The zero-order valence-electron chi connectivity index (χ0n) is 19.4. The second kappa shape index (κ2) is 11.1. The summed E-state index contributed by atoms with van der Waals surface area (Å²) in [7, 11) is 0. The number of benzene rings is 3. The third-order valence-corrected chi connectivity index (χ3v) is 5.25. The Balaban J connectivity index is 2.23. The van der Waals surface area contributed by atoms with E-state index in [0.29, 0.717) is 16.3 Å². The molecule has 0 spiro atoms. The minimum atomic E-state index is -1.17. The second-order valence-electron chi connectivity index (χ2n) is 8.86. The van der Waals surface area contributed by atoms with Gasteiger partial charge >= 0.3 is 5.97 Å². The standard InChI is InChI=1S/C27H27ClN2O4/c1-27(2,3)34-26(31)25(23(18-30(32)33)21-15-10-16-22(28)17-21)29-24(19-11-6-4-7-12-19)20-13-8-5-9-14-20/h4-17,23,25H,18H2,1-3H3/t23-,25+/m1/s1. The molecular formula is C27H27ClN2O4. The molecule has 0 radical (unpaired) electrons. The summed E-state index contributed by atoms with van der Waals surface area (Å²) in [5, 5.41) is 12.1. The number of carbonyl (C=O) groups is 1. The van der Waals surface area contributed by atoms with E-state index < -0.39 is 35.0 Å². The number of aliphatic imine (C=N–C) groups is 1. The lowest BCUT2D eigenvalue weighted by molar-refractivity contribution is -0.483. The first-order valence-electron chi connectivity index (χ1n) is 10.9. The number of carbonyl (C=O) groups excluding carboxylic acids is 1. The first kappa shape index (κ1) is 25.1. The Bertz CT molecular complexity index is 1120. The number of ether oxygens (including phenoxy) is 1. The number of rotatable bonds is 8. The summed E-state index contributed by atoms with van der Waals surface area (Å²) in [6, 6.07) is 24.4. The van der Waals surface area contributed by atoms with Crippen LogP contribution in [-0.2, 0) is 9.53 Å². The van der Waals surface area contributed by atoms with Crippen molar-refractivity contribution in [2.45, 2.75) is 38.3 Å². The highest BCUT2D eigenvalue weighted by atomic mass is 35.5. The molecule has 3 aromatic rings. The summed E-state index contributed by atoms with van der Waals surface area (Å²) in [6.07, 6.45) is 0. The zero-order chi connectivity index (χ0) is 24.7. The average Bonchev–Trinajstić information content (AvgIpc) is 2.78. The lowest BCUT2D eigenvalue weighted by atomic mass is 9.90. The number of halogens is 1. The van der Waals surface area contributed by atoms with Crippen molar-refractivity contribution in [3.63, 3.8) is 0 Å². The average molecular weight is 479 g/mol. The first-order chi connectivity index (χ1) is 16.1. The Kier molecular flexibility index (Phi) is 8.18. The third-order valence-electron chi connectivity index (χ3n) is 5.01. The minimum absolute atomic E-state index is 0.420. The molecule has 0 aliphatic carbocycles. The molecule has 0 aliphatic rings. The van der Waals surface area contributed by atoms with Gasteiger partial charge in [-0.3, -0.25) is 15.1 Å². The summed E-state index contributed by atoms with van der Waals surface area (Å²) in [4.78, 5) is 29.5. The molecule has 0 aliphatic heterocycles. The highest BCUT2D eigenvalue weighted by Crippen LogP contribution is 2.28. The number of hydrogen-bond donors (Lipinski definition) is 0. The summed E-state index contributed by atoms with van der Waals surface area (Å²) >= 11 is 6.19. The maximum Gasteiger partial charge on any atom is 0.332 e. The van der Waals surface area contributed by atoms with Crippen LogP contribution in [0.15, 0.2) is 89.9 Å². The predicted molar refractivity (Wildman–Crippen MR) is 134 cm³/mol. The van der Waals surface area contributed by atoms with Gasteiger partial charge in [0.15, 0.2) is 6.04 Å². The lowest BCUT2D eigenvalue weighted by Gasteiger charge is -2.26. The van der Waals surface area contributed by atoms with Gasteiger partial charge in [-0.05, 0) is 38.5 Å². The molecule has 3 rings (SSSR count). The van der Waals surface area contributed by atoms with Crippen LogP contribution in [0.2, 0.25) is 5.02 Å². The highest BCUT2D eigenvalue weighted by Gasteiger charge is 2.37. The molecule has 2 atom stereocenters. The van der Waals surface area contributed by atoms with Gasteiger partial charge in [-0.1, -0.05) is 84.4 Å². The fourth-order valence-corrected chi connectivity index (χ4v) is 3.80. The van der Waals surface area contributed by atoms with Crippen molar-refractivity contribution in [3.8, 4) is 0 Å². The van der Waals surface area contributed by atoms with Crippen LogP contribution in [0.3, 0.4) is 0 Å². The Morgan fingerprint density at radius 2 is 1.53 bits per heavy atom. The molecule has 0 unspecified atom stereocenters. The largest absolute Gasteiger partial charge is 0.458 e. The van der Waals surface area contributed by atoms with E-state index in [2.05, 4.69) is 0 Å². The van der Waals surface area contributed by atoms with Crippen LogP contribution >= 0.6 is 11.6 Å². The van der Waals surface area contributed by atoms with Crippen molar-refractivity contribution in [2.24, 2.45) is 4.99 Å². The molecule has 0 N–H and O–H groups in total. The maximum atomic E-state index is 13.5. The van der Waals surface area contributed by atoms with E-state index in [1.807, 2.05) is 60.7 Å². The van der Waals surface area contributed by atoms with Crippen LogP contribution < -0.4 is 0 Å². The Labute approximate surface area is 204 Å². The van der Waals surface area contributed by atoms with Crippen LogP contribution in [-0.4, -0.2) is 34.8 Å². The van der Waals surface area contributed by atoms with Crippen molar-refractivity contribution < 1.29 is 14.5 Å². The Hall–Kier alpha value is -3.51. The van der Waals surface area contributed by atoms with Gasteiger partial charge in [0.05, 0.1) is 11.6 Å². The van der Waals surface area contributed by atoms with Crippen LogP contribution in [0.1, 0.15) is 43.4 Å².